The average molecular weight is 503 g/mol. The van der Waals surface area contributed by atoms with Crippen molar-refractivity contribution in [1.29, 1.82) is 5.26 Å². The summed E-state index contributed by atoms with van der Waals surface area (Å²) in [4.78, 5) is 27.4. The lowest BCUT2D eigenvalue weighted by molar-refractivity contribution is -0.126. The fourth-order valence-electron chi connectivity index (χ4n) is 3.85. The van der Waals surface area contributed by atoms with Gasteiger partial charge in [0.1, 0.15) is 11.4 Å². The van der Waals surface area contributed by atoms with Gasteiger partial charge in [0.15, 0.2) is 5.78 Å². The average Bonchev–Trinajstić information content (AvgIpc) is 3.19. The molecule has 1 saturated heterocycles. The molecule has 13 heteroatoms. The highest BCUT2D eigenvalue weighted by Gasteiger charge is 2.49. The Balaban J connectivity index is 1.91. The van der Waals surface area contributed by atoms with Gasteiger partial charge in [-0.1, -0.05) is 6.07 Å². The Bertz CT molecular complexity index is 1120. The number of nitriles is 1. The lowest BCUT2D eigenvalue weighted by atomic mass is 9.89. The number of amides is 1. The normalized spacial score (nSPS) is 23.1. The predicted octanol–water partition coefficient (Wildman–Crippen LogP) is 2.79. The molecule has 2 aliphatic heterocycles. The van der Waals surface area contributed by atoms with E-state index in [2.05, 4.69) is 15.6 Å². The van der Waals surface area contributed by atoms with Gasteiger partial charge in [-0.2, -0.15) is 26.9 Å². The highest BCUT2D eigenvalue weighted by molar-refractivity contribution is 7.88. The number of ether oxygens (including phenoxy) is 1. The van der Waals surface area contributed by atoms with Crippen LogP contribution in [0.25, 0.3) is 0 Å². The maximum atomic E-state index is 13.3. The number of ketones is 1. The first-order chi connectivity index (χ1) is 15.6. The number of carbonyl (C=O) groups excluding carboxylic acids is 2. The van der Waals surface area contributed by atoms with Crippen LogP contribution < -0.4 is 9.50 Å². The van der Waals surface area contributed by atoms with Crippen molar-refractivity contribution in [2.75, 3.05) is 0 Å². The molecule has 186 valence electrons. The summed E-state index contributed by atoms with van der Waals surface area (Å²) in [5, 5.41) is 12.0. The number of hydrogen-bond acceptors (Lipinski definition) is 8. The fourth-order valence-corrected chi connectivity index (χ4v) is 4.31. The number of carbonyl (C=O) groups is 2. The monoisotopic (exact) mass is 503 g/mol. The molecule has 0 bridgehead atoms. The van der Waals surface area contributed by atoms with Crippen LogP contribution in [0.3, 0.4) is 0 Å². The number of Topliss-reactive ketones (excluding diaryl/α,β-unsaturated/α-hetero) is 1. The van der Waals surface area contributed by atoms with Gasteiger partial charge in [0.2, 0.25) is 0 Å². The highest BCUT2D eigenvalue weighted by Crippen LogP contribution is 2.32. The Kier molecular flexibility index (Phi) is 6.87. The second kappa shape index (κ2) is 9.07. The summed E-state index contributed by atoms with van der Waals surface area (Å²) < 4.78 is 70.4. The van der Waals surface area contributed by atoms with Crippen molar-refractivity contribution in [1.82, 2.24) is 10.2 Å². The van der Waals surface area contributed by atoms with Gasteiger partial charge in [-0.25, -0.2) is 4.79 Å². The van der Waals surface area contributed by atoms with Gasteiger partial charge in [-0.3, -0.25) is 15.0 Å². The molecule has 1 amide bonds. The van der Waals surface area contributed by atoms with Gasteiger partial charge in [0.25, 0.3) is 0 Å². The maximum Gasteiger partial charge on any atom is 0.534 e. The van der Waals surface area contributed by atoms with Crippen LogP contribution in [0.15, 0.2) is 18.2 Å². The molecule has 1 aromatic rings. The summed E-state index contributed by atoms with van der Waals surface area (Å²) in [5.74, 6) is -0.881. The standard InChI is InChI=1S/C21H24F3N3O6S/c1-20(2,3)32-19(29)27-11-13-8-15(33-34(30,31)21(22,23)24)6-4-12(13)9-17(27)18(28)16-7-5-14(10-25)26-16/h4,6,8,14,16-17,26H,5,7,9,11H2,1-3H3. The van der Waals surface area contributed by atoms with E-state index in [4.69, 9.17) is 10.00 Å². The Morgan fingerprint density at radius 2 is 1.85 bits per heavy atom. The predicted molar refractivity (Wildman–Crippen MR) is 112 cm³/mol. The molecular weight excluding hydrogens is 479 g/mol. The molecule has 0 radical (unpaired) electrons. The van der Waals surface area contributed by atoms with Gasteiger partial charge in [0.05, 0.1) is 30.7 Å². The lowest BCUT2D eigenvalue weighted by Crippen LogP contribution is -2.54. The number of halogens is 3. The van der Waals surface area contributed by atoms with Crippen LogP contribution in [0.2, 0.25) is 0 Å². The van der Waals surface area contributed by atoms with Gasteiger partial charge in [-0.05, 0) is 56.9 Å². The minimum atomic E-state index is -5.87. The van der Waals surface area contributed by atoms with Crippen molar-refractivity contribution in [3.05, 3.63) is 29.3 Å². The van der Waals surface area contributed by atoms with Crippen LogP contribution in [0.1, 0.15) is 44.7 Å². The molecule has 3 rings (SSSR count). The van der Waals surface area contributed by atoms with Gasteiger partial charge >= 0.3 is 21.7 Å². The summed E-state index contributed by atoms with van der Waals surface area (Å²) in [6.45, 7) is 4.72. The smallest absolute Gasteiger partial charge is 0.444 e. The second-order valence-corrected chi connectivity index (χ2v) is 10.7. The van der Waals surface area contributed by atoms with E-state index in [9.17, 15) is 31.2 Å². The van der Waals surface area contributed by atoms with Crippen LogP contribution in [-0.2, 0) is 32.6 Å². The number of nitrogens with one attached hydrogen (secondary N) is 1. The van der Waals surface area contributed by atoms with Crippen LogP contribution >= 0.6 is 0 Å². The van der Waals surface area contributed by atoms with Gasteiger partial charge < -0.3 is 8.92 Å². The lowest BCUT2D eigenvalue weighted by Gasteiger charge is -2.38. The summed E-state index contributed by atoms with van der Waals surface area (Å²) in [6, 6.07) is 3.52. The third-order valence-corrected chi connectivity index (χ3v) is 6.38. The molecule has 1 N–H and O–H groups in total. The number of fused-ring (bicyclic) bond motifs is 1. The summed E-state index contributed by atoms with van der Waals surface area (Å²) in [6.07, 6.45) is 0.136. The van der Waals surface area contributed by atoms with Gasteiger partial charge in [0, 0.05) is 6.42 Å². The van der Waals surface area contributed by atoms with Crippen LogP contribution in [-0.4, -0.2) is 54.4 Å². The largest absolute Gasteiger partial charge is 0.534 e. The molecule has 1 fully saturated rings. The first-order valence-corrected chi connectivity index (χ1v) is 11.8. The van der Waals surface area contributed by atoms with E-state index in [-0.39, 0.29) is 18.7 Å². The molecule has 0 aliphatic carbocycles. The van der Waals surface area contributed by atoms with Crippen molar-refractivity contribution < 1.29 is 40.1 Å². The van der Waals surface area contributed by atoms with Crippen molar-refractivity contribution in [2.45, 2.75) is 75.8 Å². The molecule has 0 spiro atoms. The quantitative estimate of drug-likeness (QED) is 0.491. The molecule has 2 aliphatic rings. The molecular formula is C21H24F3N3O6S. The minimum Gasteiger partial charge on any atom is -0.444 e. The molecule has 34 heavy (non-hydrogen) atoms. The Morgan fingerprint density at radius 1 is 1.18 bits per heavy atom. The van der Waals surface area contributed by atoms with Crippen LogP contribution in [0, 0.1) is 11.3 Å². The van der Waals surface area contributed by atoms with E-state index < -0.39 is 51.2 Å². The van der Waals surface area contributed by atoms with E-state index in [0.717, 1.165) is 12.1 Å². The van der Waals surface area contributed by atoms with E-state index in [1.165, 1.54) is 11.0 Å². The van der Waals surface area contributed by atoms with Gasteiger partial charge in [-0.15, -0.1) is 0 Å². The summed E-state index contributed by atoms with van der Waals surface area (Å²) in [7, 11) is -5.87. The molecule has 3 unspecified atom stereocenters. The number of benzene rings is 1. The van der Waals surface area contributed by atoms with Crippen molar-refractivity contribution in [2.24, 2.45) is 0 Å². The van der Waals surface area contributed by atoms with Crippen molar-refractivity contribution in [3.8, 4) is 11.8 Å². The highest BCUT2D eigenvalue weighted by atomic mass is 32.2. The number of alkyl halides is 3. The van der Waals surface area contributed by atoms with E-state index >= 15 is 0 Å². The maximum absolute atomic E-state index is 13.3. The Labute approximate surface area is 194 Å². The summed E-state index contributed by atoms with van der Waals surface area (Å²) in [5.41, 5.74) is -5.61. The minimum absolute atomic E-state index is 0.0368. The number of nitrogens with zero attached hydrogens (tertiary/aromatic N) is 2. The van der Waals surface area contributed by atoms with Crippen molar-refractivity contribution in [3.63, 3.8) is 0 Å². The zero-order valence-corrected chi connectivity index (χ0v) is 19.5. The van der Waals surface area contributed by atoms with Crippen LogP contribution in [0.4, 0.5) is 18.0 Å². The molecule has 1 aromatic carbocycles. The molecule has 9 nitrogen and oxygen atoms in total. The van der Waals surface area contributed by atoms with Crippen LogP contribution in [0.5, 0.6) is 5.75 Å². The third kappa shape index (κ3) is 5.61. The third-order valence-electron chi connectivity index (χ3n) is 5.40. The topological polar surface area (TPSA) is 126 Å². The second-order valence-electron chi connectivity index (χ2n) is 9.12. The zero-order valence-electron chi connectivity index (χ0n) is 18.7. The number of hydrogen-bond donors (Lipinski definition) is 1. The van der Waals surface area contributed by atoms with E-state index in [1.807, 2.05) is 0 Å². The first kappa shape index (κ1) is 25.8. The molecule has 0 saturated carbocycles. The zero-order chi connectivity index (χ0) is 25.5. The fraction of sp³-hybridized carbons (Fsp3) is 0.571. The van der Waals surface area contributed by atoms with E-state index in [1.54, 1.807) is 20.8 Å². The molecule has 3 atom stereocenters. The first-order valence-electron chi connectivity index (χ1n) is 10.4. The summed E-state index contributed by atoms with van der Waals surface area (Å²) >= 11 is 0. The Hall–Kier alpha value is -2.85. The number of rotatable bonds is 4. The van der Waals surface area contributed by atoms with E-state index in [0.29, 0.717) is 24.0 Å². The Morgan fingerprint density at radius 3 is 2.41 bits per heavy atom. The molecule has 0 aromatic heterocycles. The van der Waals surface area contributed by atoms with Crippen molar-refractivity contribution >= 4 is 22.0 Å². The SMILES string of the molecule is CC(C)(C)OC(=O)N1Cc2cc(OS(=O)(=O)C(F)(F)F)ccc2CC1C(=O)C1CCC(C#N)N1. The molecule has 2 heterocycles.